The van der Waals surface area contributed by atoms with Gasteiger partial charge in [0, 0.05) is 12.6 Å². The van der Waals surface area contributed by atoms with Crippen molar-refractivity contribution in [2.45, 2.75) is 44.7 Å². The van der Waals surface area contributed by atoms with Crippen LogP contribution in [0.15, 0.2) is 0 Å². The molecule has 1 fully saturated rings. The molecule has 1 N–H and O–H groups in total. The van der Waals surface area contributed by atoms with E-state index in [1.807, 2.05) is 6.92 Å². The van der Waals surface area contributed by atoms with Crippen LogP contribution >= 0.6 is 0 Å². The van der Waals surface area contributed by atoms with E-state index in [9.17, 15) is 4.79 Å². The number of nitrogens with zero attached hydrogens (tertiary/aromatic N) is 1. The molecule has 0 aromatic heterocycles. The Morgan fingerprint density at radius 2 is 2.12 bits per heavy atom. The molecule has 1 rings (SSSR count). The highest BCUT2D eigenvalue weighted by atomic mass is 16.5. The summed E-state index contributed by atoms with van der Waals surface area (Å²) in [6, 6.07) is 0.450. The summed E-state index contributed by atoms with van der Waals surface area (Å²) in [5.41, 5.74) is 0. The zero-order chi connectivity index (χ0) is 12.0. The number of esters is 1. The maximum Gasteiger partial charge on any atom is 0.324 e. The fraction of sp³-hybridized carbons (Fsp3) is 0.917. The van der Waals surface area contributed by atoms with E-state index in [-0.39, 0.29) is 12.0 Å². The lowest BCUT2D eigenvalue weighted by atomic mass is 10.2. The van der Waals surface area contributed by atoms with Gasteiger partial charge in [-0.25, -0.2) is 0 Å². The number of ether oxygens (including phenoxy) is 1. The first-order valence-corrected chi connectivity index (χ1v) is 6.20. The van der Waals surface area contributed by atoms with Crippen LogP contribution in [0, 0.1) is 0 Å². The third kappa shape index (κ3) is 3.76. The Morgan fingerprint density at radius 3 is 2.62 bits per heavy atom. The summed E-state index contributed by atoms with van der Waals surface area (Å²) in [6.45, 7) is 3.54. The van der Waals surface area contributed by atoms with E-state index in [0.717, 1.165) is 13.1 Å². The quantitative estimate of drug-likeness (QED) is 0.689. The first kappa shape index (κ1) is 13.5. The molecule has 0 saturated heterocycles. The molecular weight excluding hydrogens is 204 g/mol. The molecule has 1 saturated carbocycles. The van der Waals surface area contributed by atoms with Crippen LogP contribution < -0.4 is 5.32 Å². The van der Waals surface area contributed by atoms with Crippen molar-refractivity contribution in [2.24, 2.45) is 0 Å². The number of carbonyl (C=O) groups is 1. The van der Waals surface area contributed by atoms with Crippen LogP contribution in [0.1, 0.15) is 32.6 Å². The minimum atomic E-state index is -0.194. The Labute approximate surface area is 98.3 Å². The highest BCUT2D eigenvalue weighted by molar-refractivity contribution is 5.75. The van der Waals surface area contributed by atoms with Gasteiger partial charge >= 0.3 is 5.97 Å². The SMILES string of the molecule is CCNC(CN(C)C1CCCC1)C(=O)OC. The lowest BCUT2D eigenvalue weighted by Gasteiger charge is -2.27. The van der Waals surface area contributed by atoms with Gasteiger partial charge in [-0.1, -0.05) is 19.8 Å². The molecule has 1 aliphatic carbocycles. The van der Waals surface area contributed by atoms with Crippen molar-refractivity contribution in [1.29, 1.82) is 0 Å². The van der Waals surface area contributed by atoms with E-state index in [1.165, 1.54) is 32.8 Å². The molecule has 0 bridgehead atoms. The van der Waals surface area contributed by atoms with Gasteiger partial charge < -0.3 is 15.0 Å². The first-order chi connectivity index (χ1) is 7.69. The van der Waals surface area contributed by atoms with Crippen molar-refractivity contribution in [3.05, 3.63) is 0 Å². The van der Waals surface area contributed by atoms with Crippen LogP contribution in [0.3, 0.4) is 0 Å². The monoisotopic (exact) mass is 228 g/mol. The minimum absolute atomic E-state index is 0.160. The third-order valence-corrected chi connectivity index (χ3v) is 3.35. The van der Waals surface area contributed by atoms with Crippen molar-refractivity contribution in [2.75, 3.05) is 27.2 Å². The topological polar surface area (TPSA) is 41.6 Å². The standard InChI is InChI=1S/C12H24N2O2/c1-4-13-11(12(15)16-3)9-14(2)10-7-5-6-8-10/h10-11,13H,4-9H2,1-3H3. The molecule has 4 nitrogen and oxygen atoms in total. The molecule has 4 heteroatoms. The lowest BCUT2D eigenvalue weighted by molar-refractivity contribution is -0.143. The summed E-state index contributed by atoms with van der Waals surface area (Å²) in [5.74, 6) is -0.160. The van der Waals surface area contributed by atoms with Gasteiger partial charge in [0.2, 0.25) is 0 Å². The summed E-state index contributed by atoms with van der Waals surface area (Å²) < 4.78 is 4.80. The normalized spacial score (nSPS) is 19.0. The number of hydrogen-bond acceptors (Lipinski definition) is 4. The van der Waals surface area contributed by atoms with Gasteiger partial charge in [0.05, 0.1) is 7.11 Å². The van der Waals surface area contributed by atoms with E-state index in [2.05, 4.69) is 17.3 Å². The van der Waals surface area contributed by atoms with Crippen molar-refractivity contribution in [3.8, 4) is 0 Å². The minimum Gasteiger partial charge on any atom is -0.468 e. The Bertz CT molecular complexity index is 215. The first-order valence-electron chi connectivity index (χ1n) is 6.20. The molecule has 16 heavy (non-hydrogen) atoms. The molecule has 0 spiro atoms. The van der Waals surface area contributed by atoms with Gasteiger partial charge in [-0.3, -0.25) is 4.79 Å². The van der Waals surface area contributed by atoms with Gasteiger partial charge in [0.25, 0.3) is 0 Å². The zero-order valence-corrected chi connectivity index (χ0v) is 10.7. The van der Waals surface area contributed by atoms with Crippen molar-refractivity contribution < 1.29 is 9.53 Å². The van der Waals surface area contributed by atoms with Crippen LogP contribution in [0.2, 0.25) is 0 Å². The number of nitrogens with one attached hydrogen (secondary N) is 1. The van der Waals surface area contributed by atoms with Crippen LogP contribution in [0.5, 0.6) is 0 Å². The van der Waals surface area contributed by atoms with Crippen molar-refractivity contribution in [3.63, 3.8) is 0 Å². The average molecular weight is 228 g/mol. The fourth-order valence-electron chi connectivity index (χ4n) is 2.39. The molecule has 0 heterocycles. The second-order valence-electron chi connectivity index (χ2n) is 4.51. The number of rotatable bonds is 6. The molecule has 0 aromatic carbocycles. The summed E-state index contributed by atoms with van der Waals surface area (Å²) in [7, 11) is 3.55. The zero-order valence-electron chi connectivity index (χ0n) is 10.7. The molecule has 0 amide bonds. The van der Waals surface area contributed by atoms with Crippen LogP contribution in [-0.4, -0.2) is 50.2 Å². The molecule has 1 atom stereocenters. The van der Waals surface area contributed by atoms with E-state index < -0.39 is 0 Å². The molecule has 0 radical (unpaired) electrons. The van der Waals surface area contributed by atoms with E-state index in [4.69, 9.17) is 4.74 Å². The fourth-order valence-corrected chi connectivity index (χ4v) is 2.39. The summed E-state index contributed by atoms with van der Waals surface area (Å²) in [5, 5.41) is 3.17. The summed E-state index contributed by atoms with van der Waals surface area (Å²) in [6.07, 6.45) is 5.16. The van der Waals surface area contributed by atoms with E-state index in [0.29, 0.717) is 6.04 Å². The second kappa shape index (κ2) is 6.86. The van der Waals surface area contributed by atoms with E-state index in [1.54, 1.807) is 0 Å². The van der Waals surface area contributed by atoms with Crippen LogP contribution in [-0.2, 0) is 9.53 Å². The lowest BCUT2D eigenvalue weighted by Crippen LogP contribution is -2.47. The molecule has 0 aliphatic heterocycles. The highest BCUT2D eigenvalue weighted by Gasteiger charge is 2.25. The number of methoxy groups -OCH3 is 1. The van der Waals surface area contributed by atoms with E-state index >= 15 is 0 Å². The molecule has 0 aromatic rings. The van der Waals surface area contributed by atoms with Gasteiger partial charge in [0.1, 0.15) is 6.04 Å². The highest BCUT2D eigenvalue weighted by Crippen LogP contribution is 2.22. The summed E-state index contributed by atoms with van der Waals surface area (Å²) in [4.78, 5) is 13.8. The predicted octanol–water partition coefficient (Wildman–Crippen LogP) is 1.01. The van der Waals surface area contributed by atoms with Gasteiger partial charge in [-0.2, -0.15) is 0 Å². The molecule has 1 aliphatic rings. The molecule has 1 unspecified atom stereocenters. The van der Waals surface area contributed by atoms with Gasteiger partial charge in [0.15, 0.2) is 0 Å². The largest absolute Gasteiger partial charge is 0.468 e. The number of carbonyl (C=O) groups excluding carboxylic acids is 1. The maximum absolute atomic E-state index is 11.5. The van der Waals surface area contributed by atoms with Crippen LogP contribution in [0.4, 0.5) is 0 Å². The third-order valence-electron chi connectivity index (χ3n) is 3.35. The smallest absolute Gasteiger partial charge is 0.324 e. The van der Waals surface area contributed by atoms with Crippen molar-refractivity contribution in [1.82, 2.24) is 10.2 Å². The van der Waals surface area contributed by atoms with Gasteiger partial charge in [-0.15, -0.1) is 0 Å². The predicted molar refractivity (Wildman–Crippen MR) is 64.4 cm³/mol. The number of likely N-dealkylation sites (N-methyl/N-ethyl adjacent to an activating group) is 2. The van der Waals surface area contributed by atoms with Gasteiger partial charge in [-0.05, 0) is 26.4 Å². The van der Waals surface area contributed by atoms with Crippen LogP contribution in [0.25, 0.3) is 0 Å². The Balaban J connectivity index is 2.42. The Hall–Kier alpha value is -0.610. The Morgan fingerprint density at radius 1 is 1.50 bits per heavy atom. The van der Waals surface area contributed by atoms with Crippen molar-refractivity contribution >= 4 is 5.97 Å². The Kier molecular flexibility index (Phi) is 5.77. The molecular formula is C12H24N2O2. The average Bonchev–Trinajstić information content (AvgIpc) is 2.80. The number of hydrogen-bond donors (Lipinski definition) is 1. The second-order valence-corrected chi connectivity index (χ2v) is 4.51. The summed E-state index contributed by atoms with van der Waals surface area (Å²) >= 11 is 0. The maximum atomic E-state index is 11.5. The molecule has 94 valence electrons.